The zero-order chi connectivity index (χ0) is 25.5. The van der Waals surface area contributed by atoms with Gasteiger partial charge in [-0.25, -0.2) is 9.97 Å². The zero-order valence-electron chi connectivity index (χ0n) is 18.1. The number of anilines is 1. The molecule has 180 valence electrons. The number of alkyl halides is 3. The third-order valence-electron chi connectivity index (χ3n) is 5.17. The van der Waals surface area contributed by atoms with E-state index in [2.05, 4.69) is 15.3 Å². The molecule has 12 heteroatoms. The molecule has 1 amide bonds. The SMILES string of the molecule is CSc1ncc2cc(-c3c(Cl)ccc(NC(=O)c4cccc(C(F)(F)F)c4)c3Cl)c(=O)n(C)c2n1. The number of amides is 1. The van der Waals surface area contributed by atoms with E-state index in [9.17, 15) is 22.8 Å². The first-order valence-corrected chi connectivity index (χ1v) is 11.9. The van der Waals surface area contributed by atoms with Crippen LogP contribution in [-0.4, -0.2) is 26.7 Å². The van der Waals surface area contributed by atoms with Crippen LogP contribution in [0.4, 0.5) is 18.9 Å². The van der Waals surface area contributed by atoms with Gasteiger partial charge < -0.3 is 5.32 Å². The maximum Gasteiger partial charge on any atom is 0.416 e. The lowest BCUT2D eigenvalue weighted by Crippen LogP contribution is -2.20. The van der Waals surface area contributed by atoms with Crippen LogP contribution in [-0.2, 0) is 13.2 Å². The number of carbonyl (C=O) groups is 1. The van der Waals surface area contributed by atoms with E-state index in [0.29, 0.717) is 16.2 Å². The largest absolute Gasteiger partial charge is 0.416 e. The zero-order valence-corrected chi connectivity index (χ0v) is 20.4. The molecule has 0 fully saturated rings. The van der Waals surface area contributed by atoms with Crippen molar-refractivity contribution in [2.75, 3.05) is 11.6 Å². The van der Waals surface area contributed by atoms with Gasteiger partial charge in [0.25, 0.3) is 11.5 Å². The fourth-order valence-electron chi connectivity index (χ4n) is 3.44. The average Bonchev–Trinajstić information content (AvgIpc) is 2.83. The molecule has 4 rings (SSSR count). The van der Waals surface area contributed by atoms with Gasteiger partial charge in [0.15, 0.2) is 5.16 Å². The number of nitrogens with one attached hydrogen (secondary N) is 1. The van der Waals surface area contributed by atoms with Gasteiger partial charge in [0, 0.05) is 29.8 Å². The first kappa shape index (κ1) is 25.0. The van der Waals surface area contributed by atoms with Crippen LogP contribution in [0.5, 0.6) is 0 Å². The van der Waals surface area contributed by atoms with Crippen LogP contribution >= 0.6 is 35.0 Å². The molecule has 2 heterocycles. The Morgan fingerprint density at radius 3 is 2.57 bits per heavy atom. The van der Waals surface area contributed by atoms with Crippen LogP contribution in [0, 0.1) is 0 Å². The molecule has 0 radical (unpaired) electrons. The number of halogens is 5. The highest BCUT2D eigenvalue weighted by Crippen LogP contribution is 2.39. The van der Waals surface area contributed by atoms with Gasteiger partial charge in [-0.05, 0) is 42.7 Å². The van der Waals surface area contributed by atoms with E-state index in [-0.39, 0.29) is 32.4 Å². The van der Waals surface area contributed by atoms with Crippen LogP contribution in [0.1, 0.15) is 15.9 Å². The quantitative estimate of drug-likeness (QED) is 0.244. The summed E-state index contributed by atoms with van der Waals surface area (Å²) in [5.74, 6) is -0.810. The summed E-state index contributed by atoms with van der Waals surface area (Å²) < 4.78 is 40.4. The average molecular weight is 539 g/mol. The predicted octanol–water partition coefficient (Wildman–Crippen LogP) is 6.30. The number of fused-ring (bicyclic) bond motifs is 1. The Hall–Kier alpha value is -3.08. The molecule has 0 aliphatic rings. The Morgan fingerprint density at radius 1 is 1.14 bits per heavy atom. The van der Waals surface area contributed by atoms with E-state index < -0.39 is 23.2 Å². The molecule has 2 aromatic heterocycles. The summed E-state index contributed by atoms with van der Waals surface area (Å²) in [7, 11) is 1.55. The number of hydrogen-bond acceptors (Lipinski definition) is 5. The first-order valence-electron chi connectivity index (χ1n) is 9.89. The molecule has 0 spiro atoms. The third kappa shape index (κ3) is 4.86. The number of benzene rings is 2. The summed E-state index contributed by atoms with van der Waals surface area (Å²) in [5.41, 5.74) is -0.815. The predicted molar refractivity (Wildman–Crippen MR) is 131 cm³/mol. The monoisotopic (exact) mass is 538 g/mol. The van der Waals surface area contributed by atoms with Crippen molar-refractivity contribution in [2.24, 2.45) is 7.05 Å². The topological polar surface area (TPSA) is 76.9 Å². The van der Waals surface area contributed by atoms with Crippen LogP contribution in [0.2, 0.25) is 10.0 Å². The molecule has 0 aliphatic heterocycles. The van der Waals surface area contributed by atoms with Crippen molar-refractivity contribution in [3.8, 4) is 11.1 Å². The molecule has 2 aromatic carbocycles. The maximum absolute atomic E-state index is 13.2. The van der Waals surface area contributed by atoms with Crippen LogP contribution in [0.15, 0.2) is 58.6 Å². The highest BCUT2D eigenvalue weighted by molar-refractivity contribution is 7.98. The van der Waals surface area contributed by atoms with Crippen molar-refractivity contribution in [1.29, 1.82) is 0 Å². The Labute approximate surface area is 211 Å². The van der Waals surface area contributed by atoms with Crippen molar-refractivity contribution in [3.05, 3.63) is 80.2 Å². The Bertz CT molecular complexity index is 1540. The molecule has 4 aromatic rings. The van der Waals surface area contributed by atoms with Crippen molar-refractivity contribution in [2.45, 2.75) is 11.3 Å². The van der Waals surface area contributed by atoms with Crippen LogP contribution in [0.25, 0.3) is 22.2 Å². The van der Waals surface area contributed by atoms with Crippen molar-refractivity contribution < 1.29 is 18.0 Å². The summed E-state index contributed by atoms with van der Waals surface area (Å²) in [4.78, 5) is 34.4. The lowest BCUT2D eigenvalue weighted by molar-refractivity contribution is -0.137. The van der Waals surface area contributed by atoms with Crippen LogP contribution in [0.3, 0.4) is 0 Å². The molecular formula is C23H15Cl2F3N4O2S. The minimum Gasteiger partial charge on any atom is -0.321 e. The van der Waals surface area contributed by atoms with Gasteiger partial charge >= 0.3 is 6.18 Å². The second-order valence-corrected chi connectivity index (χ2v) is 8.93. The normalized spacial score (nSPS) is 11.6. The maximum atomic E-state index is 13.2. The molecule has 0 bridgehead atoms. The van der Waals surface area contributed by atoms with E-state index in [0.717, 1.165) is 18.2 Å². The number of carbonyl (C=O) groups excluding carboxylic acids is 1. The first-order chi connectivity index (χ1) is 16.5. The van der Waals surface area contributed by atoms with Crippen molar-refractivity contribution in [3.63, 3.8) is 0 Å². The van der Waals surface area contributed by atoms with E-state index in [4.69, 9.17) is 23.2 Å². The van der Waals surface area contributed by atoms with E-state index in [1.54, 1.807) is 19.3 Å². The summed E-state index contributed by atoms with van der Waals surface area (Å²) in [6.07, 6.45) is -1.22. The van der Waals surface area contributed by atoms with E-state index in [1.807, 2.05) is 6.26 Å². The van der Waals surface area contributed by atoms with Gasteiger partial charge in [0.1, 0.15) is 5.65 Å². The van der Waals surface area contributed by atoms with Gasteiger partial charge in [0.05, 0.1) is 26.9 Å². The van der Waals surface area contributed by atoms with Crippen molar-refractivity contribution >= 4 is 57.6 Å². The minimum absolute atomic E-state index is 0.0454. The molecule has 6 nitrogen and oxygen atoms in total. The standard InChI is InChI=1S/C23H15Cl2F3N4O2S/c1-32-19-12(10-29-22(31-19)35-2)9-14(21(32)34)17-15(24)6-7-16(18(17)25)30-20(33)11-4-3-5-13(8-11)23(26,27)28/h3-10H,1-2H3,(H,30,33). The lowest BCUT2D eigenvalue weighted by atomic mass is 10.0. The number of thioether (sulfide) groups is 1. The third-order valence-corrected chi connectivity index (χ3v) is 6.44. The second-order valence-electron chi connectivity index (χ2n) is 7.37. The molecule has 0 aliphatic carbocycles. The summed E-state index contributed by atoms with van der Waals surface area (Å²) in [6.45, 7) is 0. The van der Waals surface area contributed by atoms with Gasteiger partial charge in [-0.2, -0.15) is 13.2 Å². The summed E-state index contributed by atoms with van der Waals surface area (Å²) in [6, 6.07) is 8.37. The number of aromatic nitrogens is 3. The molecule has 35 heavy (non-hydrogen) atoms. The molecule has 1 N–H and O–H groups in total. The fraction of sp³-hybridized carbons (Fsp3) is 0.130. The van der Waals surface area contributed by atoms with Gasteiger partial charge in [-0.3, -0.25) is 14.2 Å². The Morgan fingerprint density at radius 2 is 1.89 bits per heavy atom. The smallest absolute Gasteiger partial charge is 0.321 e. The lowest BCUT2D eigenvalue weighted by Gasteiger charge is -2.15. The summed E-state index contributed by atoms with van der Waals surface area (Å²) >= 11 is 14.3. The molecule has 0 saturated heterocycles. The number of rotatable bonds is 4. The molecule has 0 atom stereocenters. The second kappa shape index (κ2) is 9.52. The Balaban J connectivity index is 1.78. The minimum atomic E-state index is -4.60. The highest BCUT2D eigenvalue weighted by Gasteiger charge is 2.31. The summed E-state index contributed by atoms with van der Waals surface area (Å²) in [5, 5.41) is 3.65. The number of hydrogen-bond donors (Lipinski definition) is 1. The van der Waals surface area contributed by atoms with E-state index in [1.165, 1.54) is 34.5 Å². The van der Waals surface area contributed by atoms with Gasteiger partial charge in [-0.15, -0.1) is 0 Å². The molecule has 0 unspecified atom stereocenters. The van der Waals surface area contributed by atoms with Gasteiger partial charge in [-0.1, -0.05) is 41.0 Å². The Kier molecular flexibility index (Phi) is 6.81. The van der Waals surface area contributed by atoms with Crippen molar-refractivity contribution in [1.82, 2.24) is 14.5 Å². The number of nitrogens with zero attached hydrogens (tertiary/aromatic N) is 3. The molecular weight excluding hydrogens is 524 g/mol. The van der Waals surface area contributed by atoms with Crippen LogP contribution < -0.4 is 10.9 Å². The van der Waals surface area contributed by atoms with Gasteiger partial charge in [0.2, 0.25) is 0 Å². The highest BCUT2D eigenvalue weighted by atomic mass is 35.5. The van der Waals surface area contributed by atoms with E-state index >= 15 is 0 Å². The number of pyridine rings is 1. The molecule has 0 saturated carbocycles. The fourth-order valence-corrected chi connectivity index (χ4v) is 4.39. The number of aryl methyl sites for hydroxylation is 1.